The van der Waals surface area contributed by atoms with Crippen molar-refractivity contribution in [1.29, 1.82) is 0 Å². The lowest BCUT2D eigenvalue weighted by atomic mass is 9.88. The van der Waals surface area contributed by atoms with Crippen molar-refractivity contribution in [2.24, 2.45) is 11.3 Å². The van der Waals surface area contributed by atoms with Crippen molar-refractivity contribution in [1.82, 2.24) is 0 Å². The van der Waals surface area contributed by atoms with Gasteiger partial charge in [0.1, 0.15) is 0 Å². The highest BCUT2D eigenvalue weighted by Gasteiger charge is 2.33. The number of rotatable bonds is 2. The first kappa shape index (κ1) is 8.06. The molecule has 1 rings (SSSR count). The summed E-state index contributed by atoms with van der Waals surface area (Å²) in [4.78, 5) is 0. The summed E-state index contributed by atoms with van der Waals surface area (Å²) in [5, 5.41) is 9.04. The summed E-state index contributed by atoms with van der Waals surface area (Å²) in [6.07, 6.45) is 5.07. The molecule has 0 bridgehead atoms. The molecule has 0 saturated heterocycles. The van der Waals surface area contributed by atoms with Gasteiger partial charge in [0.15, 0.2) is 0 Å². The summed E-state index contributed by atoms with van der Waals surface area (Å²) in [6, 6.07) is 0. The van der Waals surface area contributed by atoms with Gasteiger partial charge in [-0.2, -0.15) is 0 Å². The SMILES string of the molecule is CC[C@@H]1CC[C@@](C)(CO)C1. The van der Waals surface area contributed by atoms with Gasteiger partial charge in [-0.05, 0) is 30.6 Å². The highest BCUT2D eigenvalue weighted by atomic mass is 16.3. The van der Waals surface area contributed by atoms with Crippen molar-refractivity contribution < 1.29 is 5.11 Å². The van der Waals surface area contributed by atoms with Gasteiger partial charge in [-0.15, -0.1) is 0 Å². The monoisotopic (exact) mass is 142 g/mol. The lowest BCUT2D eigenvalue weighted by molar-refractivity contribution is 0.144. The minimum absolute atomic E-state index is 0.265. The Labute approximate surface area is 63.4 Å². The third-order valence-corrected chi connectivity index (χ3v) is 2.90. The van der Waals surface area contributed by atoms with Crippen LogP contribution in [0.15, 0.2) is 0 Å². The molecule has 0 aromatic heterocycles. The zero-order valence-corrected chi connectivity index (χ0v) is 7.06. The van der Waals surface area contributed by atoms with Crippen LogP contribution in [0.3, 0.4) is 0 Å². The van der Waals surface area contributed by atoms with Crippen molar-refractivity contribution in [3.63, 3.8) is 0 Å². The topological polar surface area (TPSA) is 20.2 Å². The zero-order valence-electron chi connectivity index (χ0n) is 7.06. The van der Waals surface area contributed by atoms with E-state index in [0.29, 0.717) is 6.61 Å². The minimum atomic E-state index is 0.265. The molecule has 10 heavy (non-hydrogen) atoms. The Bertz CT molecular complexity index is 111. The zero-order chi connectivity index (χ0) is 7.61. The summed E-state index contributed by atoms with van der Waals surface area (Å²) in [5.41, 5.74) is 0.265. The van der Waals surface area contributed by atoms with E-state index < -0.39 is 0 Å². The van der Waals surface area contributed by atoms with Crippen LogP contribution in [-0.2, 0) is 0 Å². The summed E-state index contributed by atoms with van der Waals surface area (Å²) in [7, 11) is 0. The molecule has 60 valence electrons. The number of aliphatic hydroxyl groups is 1. The Hall–Kier alpha value is -0.0400. The molecule has 0 aromatic carbocycles. The molecule has 1 fully saturated rings. The van der Waals surface area contributed by atoms with Crippen molar-refractivity contribution in [3.05, 3.63) is 0 Å². The average Bonchev–Trinajstić information content (AvgIpc) is 2.33. The second kappa shape index (κ2) is 2.91. The third-order valence-electron chi connectivity index (χ3n) is 2.90. The maximum Gasteiger partial charge on any atom is 0.0484 e. The molecule has 1 aliphatic rings. The molecule has 1 N–H and O–H groups in total. The van der Waals surface area contributed by atoms with Crippen LogP contribution in [0, 0.1) is 11.3 Å². The van der Waals surface area contributed by atoms with E-state index in [4.69, 9.17) is 5.11 Å². The molecule has 0 unspecified atom stereocenters. The lowest BCUT2D eigenvalue weighted by Crippen LogP contribution is -2.16. The highest BCUT2D eigenvalue weighted by Crippen LogP contribution is 2.42. The normalized spacial score (nSPS) is 40.5. The van der Waals surface area contributed by atoms with E-state index >= 15 is 0 Å². The van der Waals surface area contributed by atoms with Gasteiger partial charge in [0.2, 0.25) is 0 Å². The maximum atomic E-state index is 9.04. The Kier molecular flexibility index (Phi) is 2.35. The quantitative estimate of drug-likeness (QED) is 0.626. The van der Waals surface area contributed by atoms with Crippen molar-refractivity contribution in [2.45, 2.75) is 39.5 Å². The van der Waals surface area contributed by atoms with Gasteiger partial charge in [-0.25, -0.2) is 0 Å². The smallest absolute Gasteiger partial charge is 0.0484 e. The van der Waals surface area contributed by atoms with E-state index in [2.05, 4.69) is 13.8 Å². The van der Waals surface area contributed by atoms with Crippen LogP contribution in [0.2, 0.25) is 0 Å². The second-order valence-corrected chi connectivity index (χ2v) is 3.99. The fraction of sp³-hybridized carbons (Fsp3) is 1.00. The molecule has 0 amide bonds. The highest BCUT2D eigenvalue weighted by molar-refractivity contribution is 4.84. The molecule has 0 aromatic rings. The Morgan fingerprint density at radius 3 is 2.60 bits per heavy atom. The maximum absolute atomic E-state index is 9.04. The van der Waals surface area contributed by atoms with E-state index in [9.17, 15) is 0 Å². The summed E-state index contributed by atoms with van der Waals surface area (Å²) < 4.78 is 0. The first-order valence-electron chi connectivity index (χ1n) is 4.31. The molecule has 0 heterocycles. The van der Waals surface area contributed by atoms with Crippen LogP contribution >= 0.6 is 0 Å². The molecule has 2 atom stereocenters. The van der Waals surface area contributed by atoms with E-state index in [-0.39, 0.29) is 5.41 Å². The summed E-state index contributed by atoms with van der Waals surface area (Å²) in [5.74, 6) is 0.886. The van der Waals surface area contributed by atoms with Crippen LogP contribution in [0.4, 0.5) is 0 Å². The molecular formula is C9H18O. The first-order valence-corrected chi connectivity index (χ1v) is 4.31. The van der Waals surface area contributed by atoms with Crippen molar-refractivity contribution >= 4 is 0 Å². The third kappa shape index (κ3) is 1.51. The minimum Gasteiger partial charge on any atom is -0.396 e. The fourth-order valence-electron chi connectivity index (χ4n) is 1.95. The first-order chi connectivity index (χ1) is 4.70. The molecule has 1 saturated carbocycles. The van der Waals surface area contributed by atoms with Crippen molar-refractivity contribution in [3.8, 4) is 0 Å². The van der Waals surface area contributed by atoms with E-state index in [1.165, 1.54) is 25.7 Å². The Morgan fingerprint density at radius 1 is 1.60 bits per heavy atom. The van der Waals surface area contributed by atoms with Gasteiger partial charge in [0.25, 0.3) is 0 Å². The molecule has 1 aliphatic carbocycles. The largest absolute Gasteiger partial charge is 0.396 e. The standard InChI is InChI=1S/C9H18O/c1-3-8-4-5-9(2,6-8)7-10/h8,10H,3-7H2,1-2H3/t8-,9-/m1/s1. The fourth-order valence-corrected chi connectivity index (χ4v) is 1.95. The molecule has 0 radical (unpaired) electrons. The number of aliphatic hydroxyl groups excluding tert-OH is 1. The molecular weight excluding hydrogens is 124 g/mol. The number of hydrogen-bond acceptors (Lipinski definition) is 1. The van der Waals surface area contributed by atoms with Gasteiger partial charge in [0, 0.05) is 6.61 Å². The van der Waals surface area contributed by atoms with Crippen LogP contribution in [0.25, 0.3) is 0 Å². The van der Waals surface area contributed by atoms with Crippen LogP contribution < -0.4 is 0 Å². The van der Waals surface area contributed by atoms with Gasteiger partial charge in [-0.3, -0.25) is 0 Å². The predicted molar refractivity (Wildman–Crippen MR) is 42.8 cm³/mol. The Balaban J connectivity index is 2.41. The van der Waals surface area contributed by atoms with Gasteiger partial charge in [0.05, 0.1) is 0 Å². The predicted octanol–water partition coefficient (Wildman–Crippen LogP) is 2.20. The average molecular weight is 142 g/mol. The molecule has 0 aliphatic heterocycles. The van der Waals surface area contributed by atoms with Gasteiger partial charge >= 0.3 is 0 Å². The van der Waals surface area contributed by atoms with Crippen LogP contribution in [0.1, 0.15) is 39.5 Å². The van der Waals surface area contributed by atoms with Crippen molar-refractivity contribution in [2.75, 3.05) is 6.61 Å². The Morgan fingerprint density at radius 2 is 2.30 bits per heavy atom. The molecule has 1 nitrogen and oxygen atoms in total. The summed E-state index contributed by atoms with van der Waals surface area (Å²) in [6.45, 7) is 4.82. The lowest BCUT2D eigenvalue weighted by Gasteiger charge is -2.20. The van der Waals surface area contributed by atoms with Gasteiger partial charge in [-0.1, -0.05) is 20.3 Å². The second-order valence-electron chi connectivity index (χ2n) is 3.99. The van der Waals surface area contributed by atoms with E-state index in [1.54, 1.807) is 0 Å². The van der Waals surface area contributed by atoms with E-state index in [0.717, 1.165) is 5.92 Å². The molecule has 1 heteroatoms. The van der Waals surface area contributed by atoms with Crippen LogP contribution in [0.5, 0.6) is 0 Å². The molecule has 0 spiro atoms. The van der Waals surface area contributed by atoms with Gasteiger partial charge < -0.3 is 5.11 Å². The number of hydrogen-bond donors (Lipinski definition) is 1. The van der Waals surface area contributed by atoms with E-state index in [1.807, 2.05) is 0 Å². The van der Waals surface area contributed by atoms with Crippen LogP contribution in [-0.4, -0.2) is 11.7 Å². The summed E-state index contributed by atoms with van der Waals surface area (Å²) >= 11 is 0.